The topological polar surface area (TPSA) is 55.2 Å². The van der Waals surface area contributed by atoms with E-state index in [4.69, 9.17) is 0 Å². The molecule has 0 amide bonds. The number of nitro groups is 1. The molecule has 0 aliphatic heterocycles. The number of anilines is 1. The van der Waals surface area contributed by atoms with Crippen molar-refractivity contribution in [2.75, 3.05) is 5.32 Å². The summed E-state index contributed by atoms with van der Waals surface area (Å²) in [4.78, 5) is 10.5. The number of aryl methyl sites for hydroxylation is 1. The molecule has 4 heteroatoms. The molecule has 1 aliphatic rings. The minimum absolute atomic E-state index is 0.166. The molecule has 1 aliphatic carbocycles. The van der Waals surface area contributed by atoms with Crippen molar-refractivity contribution in [3.8, 4) is 0 Å². The monoisotopic (exact) mass is 262 g/mol. The summed E-state index contributed by atoms with van der Waals surface area (Å²) in [5.41, 5.74) is 1.96. The normalized spacial score (nSPS) is 27.0. The van der Waals surface area contributed by atoms with Crippen molar-refractivity contribution in [2.45, 2.75) is 46.1 Å². The number of non-ortho nitro benzene ring substituents is 1. The Morgan fingerprint density at radius 3 is 2.58 bits per heavy atom. The zero-order valence-electron chi connectivity index (χ0n) is 11.8. The minimum Gasteiger partial charge on any atom is -0.382 e. The summed E-state index contributed by atoms with van der Waals surface area (Å²) in [5, 5.41) is 14.3. The highest BCUT2D eigenvalue weighted by molar-refractivity contribution is 5.54. The molecule has 1 fully saturated rings. The van der Waals surface area contributed by atoms with E-state index in [1.165, 1.54) is 6.42 Å². The van der Waals surface area contributed by atoms with E-state index in [0.717, 1.165) is 30.0 Å². The van der Waals surface area contributed by atoms with E-state index in [-0.39, 0.29) is 10.6 Å². The van der Waals surface area contributed by atoms with Crippen LogP contribution in [0.4, 0.5) is 11.4 Å². The predicted molar refractivity (Wildman–Crippen MR) is 77.4 cm³/mol. The molecule has 0 heterocycles. The summed E-state index contributed by atoms with van der Waals surface area (Å²) in [6.45, 7) is 6.49. The lowest BCUT2D eigenvalue weighted by Gasteiger charge is -2.33. The smallest absolute Gasteiger partial charge is 0.271 e. The van der Waals surface area contributed by atoms with Crippen LogP contribution in [0.25, 0.3) is 0 Å². The van der Waals surface area contributed by atoms with Crippen LogP contribution in [0.5, 0.6) is 0 Å². The van der Waals surface area contributed by atoms with Crippen LogP contribution in [0.3, 0.4) is 0 Å². The lowest BCUT2D eigenvalue weighted by molar-refractivity contribution is -0.384. The fraction of sp³-hybridized carbons (Fsp3) is 0.600. The lowest BCUT2D eigenvalue weighted by Crippen LogP contribution is -2.30. The van der Waals surface area contributed by atoms with Gasteiger partial charge >= 0.3 is 0 Å². The number of nitro benzene ring substituents is 1. The van der Waals surface area contributed by atoms with E-state index in [1.807, 2.05) is 13.0 Å². The van der Waals surface area contributed by atoms with Crippen LogP contribution in [-0.4, -0.2) is 11.0 Å². The van der Waals surface area contributed by atoms with Crippen LogP contribution >= 0.6 is 0 Å². The fourth-order valence-corrected chi connectivity index (χ4v) is 2.87. The van der Waals surface area contributed by atoms with Gasteiger partial charge in [-0.2, -0.15) is 0 Å². The van der Waals surface area contributed by atoms with Gasteiger partial charge in [-0.3, -0.25) is 10.1 Å². The van der Waals surface area contributed by atoms with Gasteiger partial charge in [0.15, 0.2) is 0 Å². The number of hydrogen-bond acceptors (Lipinski definition) is 3. The van der Waals surface area contributed by atoms with Crippen molar-refractivity contribution in [1.82, 2.24) is 0 Å². The maximum atomic E-state index is 10.9. The van der Waals surface area contributed by atoms with Crippen LogP contribution in [0.1, 0.15) is 38.7 Å². The SMILES string of the molecule is Cc1cc(NC2CCC(C)C(C)C2)cc([N+](=O)[O-])c1. The standard InChI is InChI=1S/C15H22N2O2/c1-10-6-14(9-15(7-10)17(18)19)16-13-5-4-11(2)12(3)8-13/h6-7,9,11-13,16H,4-5,8H2,1-3H3. The molecule has 3 unspecified atom stereocenters. The van der Waals surface area contributed by atoms with E-state index in [0.29, 0.717) is 12.0 Å². The predicted octanol–water partition coefficient (Wildman–Crippen LogP) is 4.14. The number of rotatable bonds is 3. The largest absolute Gasteiger partial charge is 0.382 e. The Hall–Kier alpha value is -1.58. The zero-order valence-corrected chi connectivity index (χ0v) is 11.8. The summed E-state index contributed by atoms with van der Waals surface area (Å²) in [6, 6.07) is 5.66. The Morgan fingerprint density at radius 1 is 1.21 bits per heavy atom. The Labute approximate surface area is 114 Å². The van der Waals surface area contributed by atoms with Gasteiger partial charge in [-0.05, 0) is 49.7 Å². The first-order chi connectivity index (χ1) is 8.95. The van der Waals surface area contributed by atoms with Gasteiger partial charge in [0, 0.05) is 23.9 Å². The van der Waals surface area contributed by atoms with E-state index in [2.05, 4.69) is 19.2 Å². The molecular weight excluding hydrogens is 240 g/mol. The number of nitrogens with one attached hydrogen (secondary N) is 1. The second-order valence-electron chi connectivity index (χ2n) is 5.92. The van der Waals surface area contributed by atoms with E-state index < -0.39 is 0 Å². The highest BCUT2D eigenvalue weighted by atomic mass is 16.6. The number of hydrogen-bond donors (Lipinski definition) is 1. The van der Waals surface area contributed by atoms with Gasteiger partial charge in [-0.15, -0.1) is 0 Å². The highest BCUT2D eigenvalue weighted by Gasteiger charge is 2.24. The first-order valence-corrected chi connectivity index (χ1v) is 6.98. The molecule has 0 saturated heterocycles. The molecule has 3 atom stereocenters. The molecule has 1 saturated carbocycles. The van der Waals surface area contributed by atoms with Crippen LogP contribution in [-0.2, 0) is 0 Å². The van der Waals surface area contributed by atoms with Gasteiger partial charge in [0.25, 0.3) is 5.69 Å². The van der Waals surface area contributed by atoms with Gasteiger partial charge in [-0.1, -0.05) is 13.8 Å². The number of nitrogens with zero attached hydrogens (tertiary/aromatic N) is 1. The lowest BCUT2D eigenvalue weighted by atomic mass is 9.79. The van der Waals surface area contributed by atoms with Crippen molar-refractivity contribution in [3.63, 3.8) is 0 Å². The molecular formula is C15H22N2O2. The van der Waals surface area contributed by atoms with E-state index >= 15 is 0 Å². The molecule has 19 heavy (non-hydrogen) atoms. The zero-order chi connectivity index (χ0) is 14.0. The van der Waals surface area contributed by atoms with Crippen molar-refractivity contribution < 1.29 is 4.92 Å². The Balaban J connectivity index is 2.09. The van der Waals surface area contributed by atoms with Gasteiger partial charge in [0.05, 0.1) is 4.92 Å². The van der Waals surface area contributed by atoms with Crippen LogP contribution in [0.2, 0.25) is 0 Å². The second kappa shape index (κ2) is 5.59. The van der Waals surface area contributed by atoms with Gasteiger partial charge < -0.3 is 5.32 Å². The molecule has 1 aromatic rings. The average Bonchev–Trinajstić information content (AvgIpc) is 2.33. The van der Waals surface area contributed by atoms with E-state index in [9.17, 15) is 10.1 Å². The molecule has 0 bridgehead atoms. The highest BCUT2D eigenvalue weighted by Crippen LogP contribution is 2.31. The molecule has 0 spiro atoms. The molecule has 4 nitrogen and oxygen atoms in total. The molecule has 1 aromatic carbocycles. The van der Waals surface area contributed by atoms with Crippen LogP contribution in [0.15, 0.2) is 18.2 Å². The molecule has 0 radical (unpaired) electrons. The first kappa shape index (κ1) is 13.8. The fourth-order valence-electron chi connectivity index (χ4n) is 2.87. The Bertz CT molecular complexity index is 473. The van der Waals surface area contributed by atoms with Gasteiger partial charge in [0.1, 0.15) is 0 Å². The van der Waals surface area contributed by atoms with Crippen molar-refractivity contribution in [1.29, 1.82) is 0 Å². The van der Waals surface area contributed by atoms with Crippen LogP contribution in [0, 0.1) is 28.9 Å². The number of benzene rings is 1. The maximum absolute atomic E-state index is 10.9. The summed E-state index contributed by atoms with van der Waals surface area (Å²) in [6.07, 6.45) is 3.52. The maximum Gasteiger partial charge on any atom is 0.271 e. The molecule has 0 aromatic heterocycles. The van der Waals surface area contributed by atoms with Crippen LogP contribution < -0.4 is 5.32 Å². The molecule has 1 N–H and O–H groups in total. The quantitative estimate of drug-likeness (QED) is 0.658. The molecule has 2 rings (SSSR count). The van der Waals surface area contributed by atoms with Gasteiger partial charge in [-0.25, -0.2) is 0 Å². The second-order valence-corrected chi connectivity index (χ2v) is 5.92. The summed E-state index contributed by atoms with van der Waals surface area (Å²) < 4.78 is 0. The van der Waals surface area contributed by atoms with Gasteiger partial charge in [0.2, 0.25) is 0 Å². The average molecular weight is 262 g/mol. The molecule has 104 valence electrons. The van der Waals surface area contributed by atoms with E-state index in [1.54, 1.807) is 12.1 Å². The Morgan fingerprint density at radius 2 is 1.95 bits per heavy atom. The summed E-state index contributed by atoms with van der Waals surface area (Å²) in [7, 11) is 0. The summed E-state index contributed by atoms with van der Waals surface area (Å²) in [5.74, 6) is 1.50. The van der Waals surface area contributed by atoms with Crippen molar-refractivity contribution >= 4 is 11.4 Å². The minimum atomic E-state index is -0.330. The third-order valence-electron chi connectivity index (χ3n) is 4.24. The van der Waals surface area contributed by atoms with Crippen molar-refractivity contribution in [3.05, 3.63) is 33.9 Å². The first-order valence-electron chi connectivity index (χ1n) is 6.98. The van der Waals surface area contributed by atoms with Crippen molar-refractivity contribution in [2.24, 2.45) is 11.8 Å². The third kappa shape index (κ3) is 3.46. The third-order valence-corrected chi connectivity index (χ3v) is 4.24. The summed E-state index contributed by atoms with van der Waals surface area (Å²) >= 11 is 0. The Kier molecular flexibility index (Phi) is 4.08.